The van der Waals surface area contributed by atoms with Crippen LogP contribution in [0.25, 0.3) is 11.0 Å². The largest absolute Gasteiger partial charge is 0.269 e. The number of halogens is 1. The Morgan fingerprint density at radius 3 is 2.58 bits per heavy atom. The third-order valence-electron chi connectivity index (χ3n) is 2.71. The minimum Gasteiger partial charge on any atom is -0.222 e. The van der Waals surface area contributed by atoms with Gasteiger partial charge in [0.05, 0.1) is 16.1 Å². The molecule has 96 valence electrons. The predicted octanol–water partition coefficient (Wildman–Crippen LogP) is 2.32. The van der Waals surface area contributed by atoms with Gasteiger partial charge in [-0.3, -0.25) is 0 Å². The Morgan fingerprint density at radius 1 is 1.11 bits per heavy atom. The molecule has 0 unspecified atom stereocenters. The average molecular weight is 294 g/mol. The van der Waals surface area contributed by atoms with E-state index in [-0.39, 0.29) is 10.5 Å². The lowest BCUT2D eigenvalue weighted by molar-refractivity contribution is 0.588. The van der Waals surface area contributed by atoms with Crippen LogP contribution in [-0.4, -0.2) is 22.6 Å². The summed E-state index contributed by atoms with van der Waals surface area (Å²) in [6, 6.07) is 9.74. The van der Waals surface area contributed by atoms with E-state index in [2.05, 4.69) is 10.2 Å². The Morgan fingerprint density at radius 2 is 1.84 bits per heavy atom. The molecule has 0 aliphatic rings. The highest BCUT2D eigenvalue weighted by molar-refractivity contribution is 7.90. The highest BCUT2D eigenvalue weighted by Crippen LogP contribution is 2.24. The monoisotopic (exact) mass is 293 g/mol. The van der Waals surface area contributed by atoms with Crippen molar-refractivity contribution >= 4 is 32.7 Å². The van der Waals surface area contributed by atoms with Crippen molar-refractivity contribution < 1.29 is 8.42 Å². The van der Waals surface area contributed by atoms with Gasteiger partial charge in [0.1, 0.15) is 0 Å². The van der Waals surface area contributed by atoms with E-state index in [0.717, 1.165) is 3.97 Å². The molecule has 0 saturated heterocycles. The topological polar surface area (TPSA) is 64.8 Å². The van der Waals surface area contributed by atoms with E-state index < -0.39 is 10.0 Å². The molecule has 0 fully saturated rings. The Kier molecular flexibility index (Phi) is 2.76. The molecule has 0 bridgehead atoms. The fraction of sp³-hybridized carbons (Fsp3) is 0. The summed E-state index contributed by atoms with van der Waals surface area (Å²) in [5, 5.41) is 8.45. The minimum atomic E-state index is -3.68. The zero-order valence-electron chi connectivity index (χ0n) is 9.56. The minimum absolute atomic E-state index is 0.189. The molecule has 0 spiro atoms. The zero-order valence-corrected chi connectivity index (χ0v) is 11.1. The van der Waals surface area contributed by atoms with Gasteiger partial charge in [-0.15, -0.1) is 5.10 Å². The first-order valence-corrected chi connectivity index (χ1v) is 7.21. The highest BCUT2D eigenvalue weighted by Gasteiger charge is 2.20. The SMILES string of the molecule is O=S(=O)(c1ccccc1)n1ccc2c(Cl)cnnc21. The second kappa shape index (κ2) is 4.32. The lowest BCUT2D eigenvalue weighted by Crippen LogP contribution is -2.12. The maximum Gasteiger partial charge on any atom is 0.269 e. The van der Waals surface area contributed by atoms with Crippen LogP contribution in [0.3, 0.4) is 0 Å². The number of aromatic nitrogens is 3. The Bertz CT molecular complexity index is 844. The van der Waals surface area contributed by atoms with E-state index in [9.17, 15) is 8.42 Å². The van der Waals surface area contributed by atoms with Crippen LogP contribution in [-0.2, 0) is 10.0 Å². The summed E-state index contributed by atoms with van der Waals surface area (Å²) in [7, 11) is -3.68. The van der Waals surface area contributed by atoms with Crippen molar-refractivity contribution in [1.82, 2.24) is 14.2 Å². The molecule has 7 heteroatoms. The van der Waals surface area contributed by atoms with Gasteiger partial charge in [-0.25, -0.2) is 12.4 Å². The number of fused-ring (bicyclic) bond motifs is 1. The number of rotatable bonds is 2. The molecule has 3 rings (SSSR count). The van der Waals surface area contributed by atoms with Gasteiger partial charge in [0, 0.05) is 11.6 Å². The van der Waals surface area contributed by atoms with Crippen molar-refractivity contribution in [2.75, 3.05) is 0 Å². The summed E-state index contributed by atoms with van der Waals surface area (Å²) < 4.78 is 26.0. The number of nitrogens with zero attached hydrogens (tertiary/aromatic N) is 3. The Hall–Kier alpha value is -1.92. The van der Waals surface area contributed by atoms with Crippen LogP contribution in [0, 0.1) is 0 Å². The average Bonchev–Trinajstić information content (AvgIpc) is 2.86. The summed E-state index contributed by atoms with van der Waals surface area (Å²) in [6.07, 6.45) is 2.80. The summed E-state index contributed by atoms with van der Waals surface area (Å²) in [6.45, 7) is 0. The van der Waals surface area contributed by atoms with Crippen molar-refractivity contribution in [3.63, 3.8) is 0 Å². The standard InChI is InChI=1S/C12H8ClN3O2S/c13-11-8-14-15-12-10(11)6-7-16(12)19(17,18)9-4-2-1-3-5-9/h1-8H. The smallest absolute Gasteiger partial charge is 0.222 e. The molecular formula is C12H8ClN3O2S. The van der Waals surface area contributed by atoms with Crippen LogP contribution in [0.5, 0.6) is 0 Å². The van der Waals surface area contributed by atoms with Gasteiger partial charge in [0.2, 0.25) is 0 Å². The van der Waals surface area contributed by atoms with Gasteiger partial charge in [-0.2, -0.15) is 5.10 Å². The molecule has 3 aromatic rings. The van der Waals surface area contributed by atoms with E-state index in [1.165, 1.54) is 24.5 Å². The van der Waals surface area contributed by atoms with Crippen LogP contribution in [0.4, 0.5) is 0 Å². The number of benzene rings is 1. The van der Waals surface area contributed by atoms with Crippen LogP contribution in [0.2, 0.25) is 5.02 Å². The summed E-state index contributed by atoms with van der Waals surface area (Å²) >= 11 is 5.96. The lowest BCUT2D eigenvalue weighted by Gasteiger charge is -2.06. The molecule has 1 aromatic carbocycles. The van der Waals surface area contributed by atoms with Crippen molar-refractivity contribution in [2.45, 2.75) is 4.90 Å². The molecule has 0 aliphatic heterocycles. The lowest BCUT2D eigenvalue weighted by atomic mass is 10.4. The van der Waals surface area contributed by atoms with Gasteiger partial charge >= 0.3 is 0 Å². The molecule has 19 heavy (non-hydrogen) atoms. The maximum atomic E-state index is 12.5. The molecule has 2 aromatic heterocycles. The molecule has 0 amide bonds. The summed E-state index contributed by atoms with van der Waals surface area (Å²) in [5.41, 5.74) is 0.219. The molecular weight excluding hydrogens is 286 g/mol. The molecule has 0 saturated carbocycles. The molecule has 0 aliphatic carbocycles. The quantitative estimate of drug-likeness (QED) is 0.727. The maximum absolute atomic E-state index is 12.5. The van der Waals surface area contributed by atoms with Gasteiger partial charge in [-0.1, -0.05) is 29.8 Å². The van der Waals surface area contributed by atoms with E-state index in [1.54, 1.807) is 24.3 Å². The third kappa shape index (κ3) is 1.89. The van der Waals surface area contributed by atoms with E-state index in [0.29, 0.717) is 10.4 Å². The van der Waals surface area contributed by atoms with E-state index in [1.807, 2.05) is 0 Å². The second-order valence-electron chi connectivity index (χ2n) is 3.86. The molecule has 0 atom stereocenters. The second-order valence-corrected chi connectivity index (χ2v) is 6.08. The zero-order chi connectivity index (χ0) is 13.5. The summed E-state index contributed by atoms with van der Waals surface area (Å²) in [4.78, 5) is 0.189. The first-order valence-electron chi connectivity index (χ1n) is 5.39. The fourth-order valence-corrected chi connectivity index (χ4v) is 3.30. The van der Waals surface area contributed by atoms with Crippen molar-refractivity contribution in [3.05, 3.63) is 53.8 Å². The van der Waals surface area contributed by atoms with Gasteiger partial charge in [0.15, 0.2) is 5.65 Å². The summed E-state index contributed by atoms with van der Waals surface area (Å²) in [5.74, 6) is 0. The van der Waals surface area contributed by atoms with Crippen molar-refractivity contribution in [1.29, 1.82) is 0 Å². The number of hydrogen-bond donors (Lipinski definition) is 0. The van der Waals surface area contributed by atoms with Gasteiger partial charge < -0.3 is 0 Å². The van der Waals surface area contributed by atoms with Gasteiger partial charge in [0.25, 0.3) is 10.0 Å². The van der Waals surface area contributed by atoms with Crippen molar-refractivity contribution in [3.8, 4) is 0 Å². The van der Waals surface area contributed by atoms with Crippen LogP contribution < -0.4 is 0 Å². The normalized spacial score (nSPS) is 11.8. The molecule has 0 N–H and O–H groups in total. The van der Waals surface area contributed by atoms with Crippen LogP contribution in [0.1, 0.15) is 0 Å². The Labute approximate surface area is 114 Å². The molecule has 0 radical (unpaired) electrons. The highest BCUT2D eigenvalue weighted by atomic mass is 35.5. The fourth-order valence-electron chi connectivity index (χ4n) is 1.79. The molecule has 2 heterocycles. The van der Waals surface area contributed by atoms with Crippen LogP contribution >= 0.6 is 11.6 Å². The molecule has 5 nitrogen and oxygen atoms in total. The first kappa shape index (κ1) is 12.1. The Balaban J connectivity index is 2.29. The first-order chi connectivity index (χ1) is 9.10. The van der Waals surface area contributed by atoms with E-state index in [4.69, 9.17) is 11.6 Å². The predicted molar refractivity (Wildman–Crippen MR) is 71.6 cm³/mol. The van der Waals surface area contributed by atoms with Crippen LogP contribution in [0.15, 0.2) is 53.7 Å². The van der Waals surface area contributed by atoms with Gasteiger partial charge in [-0.05, 0) is 18.2 Å². The van der Waals surface area contributed by atoms with Crippen molar-refractivity contribution in [2.24, 2.45) is 0 Å². The van der Waals surface area contributed by atoms with E-state index >= 15 is 0 Å². The third-order valence-corrected chi connectivity index (χ3v) is 4.69. The number of hydrogen-bond acceptors (Lipinski definition) is 4.